The maximum atomic E-state index is 13.1. The number of carbonyl (C=O) groups is 1. The molecule has 1 heterocycles. The van der Waals surface area contributed by atoms with Gasteiger partial charge in [-0.25, -0.2) is 9.24 Å². The number of hydrogen-bond donors (Lipinski definition) is 2. The number of halogens is 1. The van der Waals surface area contributed by atoms with Crippen molar-refractivity contribution in [1.82, 2.24) is 10.2 Å². The van der Waals surface area contributed by atoms with Crippen molar-refractivity contribution >= 4 is 17.3 Å². The summed E-state index contributed by atoms with van der Waals surface area (Å²) in [4.78, 5) is 18.2. The number of hydrogen-bond acceptors (Lipinski definition) is 3. The summed E-state index contributed by atoms with van der Waals surface area (Å²) in [5, 5.41) is 6.60. The van der Waals surface area contributed by atoms with Crippen LogP contribution in [0.2, 0.25) is 0 Å². The minimum absolute atomic E-state index is 0.134. The second kappa shape index (κ2) is 8.22. The van der Waals surface area contributed by atoms with E-state index in [4.69, 9.17) is 6.57 Å². The van der Waals surface area contributed by atoms with Gasteiger partial charge < -0.3 is 15.5 Å². The molecule has 3 rings (SSSR count). The Kier molecular flexibility index (Phi) is 5.90. The number of benzene rings is 2. The fraction of sp³-hybridized carbons (Fsp3) is 0.391. The molecule has 6 heteroatoms. The second-order valence-electron chi connectivity index (χ2n) is 8.47. The summed E-state index contributed by atoms with van der Waals surface area (Å²) in [6.07, 6.45) is 0.862. The summed E-state index contributed by atoms with van der Waals surface area (Å²) in [5.41, 5.74) is 3.03. The summed E-state index contributed by atoms with van der Waals surface area (Å²) < 4.78 is 13.1. The number of nitrogens with one attached hydrogen (secondary N) is 2. The Bertz CT molecular complexity index is 931. The van der Waals surface area contributed by atoms with E-state index in [9.17, 15) is 9.18 Å². The molecule has 2 aromatic carbocycles. The molecule has 2 aromatic rings. The molecule has 1 amide bonds. The van der Waals surface area contributed by atoms with Crippen LogP contribution in [-0.4, -0.2) is 37.5 Å². The average Bonchev–Trinajstić information content (AvgIpc) is 2.71. The number of amides is 1. The zero-order chi connectivity index (χ0) is 21.2. The molecule has 0 bridgehead atoms. The van der Waals surface area contributed by atoms with Crippen LogP contribution in [-0.2, 0) is 0 Å². The van der Waals surface area contributed by atoms with E-state index >= 15 is 0 Å². The van der Waals surface area contributed by atoms with Crippen LogP contribution in [0.25, 0.3) is 4.85 Å². The Labute approximate surface area is 171 Å². The Morgan fingerprint density at radius 1 is 1.28 bits per heavy atom. The molecule has 0 radical (unpaired) electrons. The summed E-state index contributed by atoms with van der Waals surface area (Å²) in [6, 6.07) is 11.6. The summed E-state index contributed by atoms with van der Waals surface area (Å²) >= 11 is 0. The third kappa shape index (κ3) is 4.57. The van der Waals surface area contributed by atoms with E-state index in [1.54, 1.807) is 0 Å². The van der Waals surface area contributed by atoms with Crippen LogP contribution in [0.5, 0.6) is 0 Å². The summed E-state index contributed by atoms with van der Waals surface area (Å²) in [5.74, 6) is -0.566. The average molecular weight is 394 g/mol. The van der Waals surface area contributed by atoms with Crippen LogP contribution in [0.3, 0.4) is 0 Å². The second-order valence-corrected chi connectivity index (χ2v) is 8.47. The molecule has 152 valence electrons. The molecule has 5 nitrogen and oxygen atoms in total. The Hall–Kier alpha value is -2.91. The molecule has 0 aliphatic carbocycles. The van der Waals surface area contributed by atoms with Crippen LogP contribution >= 0.6 is 0 Å². The highest BCUT2D eigenvalue weighted by molar-refractivity contribution is 5.94. The summed E-state index contributed by atoms with van der Waals surface area (Å²) in [6.45, 7) is 12.0. The van der Waals surface area contributed by atoms with Gasteiger partial charge in [0.15, 0.2) is 5.69 Å². The van der Waals surface area contributed by atoms with Crippen LogP contribution in [0.1, 0.15) is 42.2 Å². The topological polar surface area (TPSA) is 48.7 Å². The molecule has 0 saturated carbocycles. The minimum Gasteiger partial charge on any atom is -0.381 e. The number of carbonyl (C=O) groups excluding carboxylic acids is 1. The molecular formula is C23H27FN4O. The number of anilines is 1. The van der Waals surface area contributed by atoms with Crippen LogP contribution < -0.4 is 10.6 Å². The van der Waals surface area contributed by atoms with Crippen molar-refractivity contribution in [2.75, 3.05) is 26.0 Å². The lowest BCUT2D eigenvalue weighted by Crippen LogP contribution is -2.48. The van der Waals surface area contributed by atoms with Crippen LogP contribution in [0, 0.1) is 17.8 Å². The molecule has 0 saturated heterocycles. The molecule has 0 spiro atoms. The molecule has 29 heavy (non-hydrogen) atoms. The van der Waals surface area contributed by atoms with Gasteiger partial charge >= 0.3 is 0 Å². The van der Waals surface area contributed by atoms with Gasteiger partial charge in [0.1, 0.15) is 5.82 Å². The van der Waals surface area contributed by atoms with Gasteiger partial charge in [-0.15, -0.1) is 0 Å². The van der Waals surface area contributed by atoms with Crippen molar-refractivity contribution in [2.24, 2.45) is 5.41 Å². The van der Waals surface area contributed by atoms with Crippen molar-refractivity contribution in [2.45, 2.75) is 32.4 Å². The van der Waals surface area contributed by atoms with Crippen molar-refractivity contribution in [3.63, 3.8) is 0 Å². The van der Waals surface area contributed by atoms with E-state index in [2.05, 4.69) is 34.2 Å². The van der Waals surface area contributed by atoms with Crippen LogP contribution in [0.4, 0.5) is 15.8 Å². The van der Waals surface area contributed by atoms with E-state index in [0.29, 0.717) is 17.8 Å². The van der Waals surface area contributed by atoms with Gasteiger partial charge in [-0.1, -0.05) is 19.9 Å². The molecule has 2 N–H and O–H groups in total. The first-order chi connectivity index (χ1) is 13.7. The van der Waals surface area contributed by atoms with E-state index in [-0.39, 0.29) is 29.2 Å². The first kappa shape index (κ1) is 20.8. The zero-order valence-corrected chi connectivity index (χ0v) is 17.3. The third-order valence-electron chi connectivity index (χ3n) is 5.69. The predicted molar refractivity (Wildman–Crippen MR) is 114 cm³/mol. The minimum atomic E-state index is -0.358. The SMILES string of the molecule is [C-]#[N+]c1ccc2c(c1)C(N(C)C)CC(C(C)(C)CNC(=O)c1ccc(F)cc1)N2. The van der Waals surface area contributed by atoms with Gasteiger partial charge in [-0.3, -0.25) is 4.79 Å². The highest BCUT2D eigenvalue weighted by Crippen LogP contribution is 2.42. The fourth-order valence-electron chi connectivity index (χ4n) is 3.76. The smallest absolute Gasteiger partial charge is 0.251 e. The number of rotatable bonds is 5. The lowest BCUT2D eigenvalue weighted by atomic mass is 9.77. The monoisotopic (exact) mass is 394 g/mol. The first-order valence-electron chi connectivity index (χ1n) is 9.69. The quantitative estimate of drug-likeness (QED) is 0.728. The third-order valence-corrected chi connectivity index (χ3v) is 5.69. The van der Waals surface area contributed by atoms with E-state index < -0.39 is 0 Å². The van der Waals surface area contributed by atoms with E-state index in [0.717, 1.165) is 17.7 Å². The Balaban J connectivity index is 1.75. The van der Waals surface area contributed by atoms with Crippen molar-refractivity contribution in [3.05, 3.63) is 70.8 Å². The Morgan fingerprint density at radius 3 is 2.59 bits per heavy atom. The van der Waals surface area contributed by atoms with Crippen molar-refractivity contribution in [3.8, 4) is 0 Å². The molecule has 0 aromatic heterocycles. The molecular weight excluding hydrogens is 367 g/mol. The molecule has 2 unspecified atom stereocenters. The number of nitrogens with zero attached hydrogens (tertiary/aromatic N) is 2. The maximum absolute atomic E-state index is 13.1. The standard InChI is InChI=1S/C23H27FN4O/c1-23(2,14-26-22(29)15-6-8-16(24)9-7-15)21-13-20(28(4)5)18-12-17(25-3)10-11-19(18)27-21/h6-12,20-21,27H,13-14H2,1-2,4-5H3,(H,26,29). The molecule has 0 fully saturated rings. The van der Waals surface area contributed by atoms with Gasteiger partial charge in [-0.2, -0.15) is 0 Å². The van der Waals surface area contributed by atoms with Crippen molar-refractivity contribution in [1.29, 1.82) is 0 Å². The predicted octanol–water partition coefficient (Wildman–Crippen LogP) is 4.62. The van der Waals surface area contributed by atoms with Gasteiger partial charge in [0.05, 0.1) is 6.57 Å². The van der Waals surface area contributed by atoms with Gasteiger partial charge in [0, 0.05) is 35.3 Å². The summed E-state index contributed by atoms with van der Waals surface area (Å²) in [7, 11) is 4.09. The van der Waals surface area contributed by atoms with E-state index in [1.165, 1.54) is 24.3 Å². The highest BCUT2D eigenvalue weighted by Gasteiger charge is 2.37. The highest BCUT2D eigenvalue weighted by atomic mass is 19.1. The van der Waals surface area contributed by atoms with Gasteiger partial charge in [0.25, 0.3) is 5.91 Å². The molecule has 1 aliphatic rings. The van der Waals surface area contributed by atoms with Crippen LogP contribution in [0.15, 0.2) is 42.5 Å². The lowest BCUT2D eigenvalue weighted by Gasteiger charge is -2.44. The number of fused-ring (bicyclic) bond motifs is 1. The molecule has 1 aliphatic heterocycles. The normalized spacial score (nSPS) is 18.5. The molecule has 2 atom stereocenters. The maximum Gasteiger partial charge on any atom is 0.251 e. The largest absolute Gasteiger partial charge is 0.381 e. The van der Waals surface area contributed by atoms with E-state index in [1.807, 2.05) is 32.3 Å². The fourth-order valence-corrected chi connectivity index (χ4v) is 3.76. The Morgan fingerprint density at radius 2 is 1.97 bits per heavy atom. The van der Waals surface area contributed by atoms with Gasteiger partial charge in [-0.05, 0) is 62.5 Å². The van der Waals surface area contributed by atoms with Gasteiger partial charge in [0.2, 0.25) is 0 Å². The van der Waals surface area contributed by atoms with Crippen molar-refractivity contribution < 1.29 is 9.18 Å². The first-order valence-corrected chi connectivity index (χ1v) is 9.69. The zero-order valence-electron chi connectivity index (χ0n) is 17.3. The lowest BCUT2D eigenvalue weighted by molar-refractivity contribution is 0.0927.